The molecule has 0 bridgehead atoms. The summed E-state index contributed by atoms with van der Waals surface area (Å²) in [5.74, 6) is 5.90. The molecule has 0 aromatic carbocycles. The zero-order valence-electron chi connectivity index (χ0n) is 11.2. The molecule has 2 rings (SSSR count). The maximum atomic E-state index is 9.27. The largest absolute Gasteiger partial charge is 0.394 e. The highest BCUT2D eigenvalue weighted by Crippen LogP contribution is 2.33. The van der Waals surface area contributed by atoms with Crippen molar-refractivity contribution >= 4 is 0 Å². The average Bonchev–Trinajstić information content (AvgIpc) is 2.86. The molecule has 0 amide bonds. The van der Waals surface area contributed by atoms with Gasteiger partial charge < -0.3 is 9.84 Å². The first kappa shape index (κ1) is 14.3. The number of aliphatic hydroxyl groups is 1. The molecule has 106 valence electrons. The van der Waals surface area contributed by atoms with Crippen LogP contribution in [0.3, 0.4) is 0 Å². The number of hydrogen-bond acceptors (Lipinski definition) is 4. The molecule has 0 aromatic heterocycles. The van der Waals surface area contributed by atoms with E-state index < -0.39 is 0 Å². The fourth-order valence-corrected chi connectivity index (χ4v) is 3.39. The molecule has 1 saturated heterocycles. The third-order valence-corrected chi connectivity index (χ3v) is 4.51. The molecule has 3 N–H and O–H groups in total. The number of rotatable bonds is 3. The molecule has 4 nitrogen and oxygen atoms in total. The maximum Gasteiger partial charge on any atom is 0.110 e. The van der Waals surface area contributed by atoms with Crippen molar-refractivity contribution in [2.24, 2.45) is 11.8 Å². The Hall–Kier alpha value is -0.160. The molecular formula is C14H27NO3. The lowest BCUT2D eigenvalue weighted by Crippen LogP contribution is -2.30. The summed E-state index contributed by atoms with van der Waals surface area (Å²) in [4.78, 5) is 4.93. The second-order valence-corrected chi connectivity index (χ2v) is 5.76. The Kier molecular flexibility index (Phi) is 5.89. The Morgan fingerprint density at radius 1 is 1.06 bits per heavy atom. The topological polar surface area (TPSA) is 64.7 Å². The van der Waals surface area contributed by atoms with Gasteiger partial charge in [0.25, 0.3) is 0 Å². The predicted octanol–water partition coefficient (Wildman–Crippen LogP) is 2.15. The van der Waals surface area contributed by atoms with Gasteiger partial charge in [0.05, 0.1) is 12.7 Å². The normalized spacial score (nSPS) is 36.0. The molecule has 4 heteroatoms. The van der Waals surface area contributed by atoms with Gasteiger partial charge in [-0.3, -0.25) is 4.84 Å². The van der Waals surface area contributed by atoms with Gasteiger partial charge in [0, 0.05) is 6.42 Å². The Morgan fingerprint density at radius 3 is 2.17 bits per heavy atom. The van der Waals surface area contributed by atoms with E-state index in [1.807, 2.05) is 0 Å². The van der Waals surface area contributed by atoms with Crippen molar-refractivity contribution < 1.29 is 14.7 Å². The molecule has 0 spiro atoms. The molecule has 1 unspecified atom stereocenters. The molecule has 1 saturated carbocycles. The van der Waals surface area contributed by atoms with Crippen LogP contribution in [0.4, 0.5) is 0 Å². The lowest BCUT2D eigenvalue weighted by molar-refractivity contribution is -0.0590. The van der Waals surface area contributed by atoms with Gasteiger partial charge >= 0.3 is 0 Å². The van der Waals surface area contributed by atoms with Gasteiger partial charge in [-0.15, -0.1) is 0 Å². The van der Waals surface area contributed by atoms with Crippen LogP contribution in [0.1, 0.15) is 57.8 Å². The second kappa shape index (κ2) is 7.43. The number of ether oxygens (including phenoxy) is 1. The van der Waals surface area contributed by atoms with E-state index >= 15 is 0 Å². The molecule has 1 heterocycles. The van der Waals surface area contributed by atoms with Crippen molar-refractivity contribution in [1.29, 1.82) is 0 Å². The summed E-state index contributed by atoms with van der Waals surface area (Å²) in [7, 11) is 0. The second-order valence-electron chi connectivity index (χ2n) is 5.76. The SMILES string of the molecule is NOC1C[C@H](C2CCCCCCCC2)O[C@@H]1CO. The zero-order valence-corrected chi connectivity index (χ0v) is 11.2. The third kappa shape index (κ3) is 3.67. The number of nitrogens with two attached hydrogens (primary N) is 1. The highest BCUT2D eigenvalue weighted by Gasteiger charge is 2.39. The van der Waals surface area contributed by atoms with Crippen LogP contribution in [-0.4, -0.2) is 30.0 Å². The van der Waals surface area contributed by atoms with Gasteiger partial charge in [-0.25, -0.2) is 5.90 Å². The smallest absolute Gasteiger partial charge is 0.110 e. The molecule has 3 atom stereocenters. The first-order valence-electron chi connectivity index (χ1n) is 7.47. The van der Waals surface area contributed by atoms with Crippen LogP contribution < -0.4 is 5.90 Å². The molecular weight excluding hydrogens is 230 g/mol. The van der Waals surface area contributed by atoms with E-state index in [4.69, 9.17) is 15.5 Å². The van der Waals surface area contributed by atoms with Crippen molar-refractivity contribution in [3.63, 3.8) is 0 Å². The van der Waals surface area contributed by atoms with Crippen molar-refractivity contribution in [1.82, 2.24) is 0 Å². The van der Waals surface area contributed by atoms with Crippen LogP contribution in [0, 0.1) is 5.92 Å². The summed E-state index contributed by atoms with van der Waals surface area (Å²) >= 11 is 0. The van der Waals surface area contributed by atoms with Crippen molar-refractivity contribution in [2.45, 2.75) is 76.1 Å². The van der Waals surface area contributed by atoms with E-state index in [1.165, 1.54) is 51.4 Å². The van der Waals surface area contributed by atoms with E-state index in [2.05, 4.69) is 0 Å². The lowest BCUT2D eigenvalue weighted by atomic mass is 9.89. The summed E-state index contributed by atoms with van der Waals surface area (Å²) in [6, 6.07) is 0. The summed E-state index contributed by atoms with van der Waals surface area (Å²) < 4.78 is 5.94. The maximum absolute atomic E-state index is 9.27. The van der Waals surface area contributed by atoms with Gasteiger partial charge in [-0.1, -0.05) is 38.5 Å². The van der Waals surface area contributed by atoms with Gasteiger partial charge in [0.15, 0.2) is 0 Å². The minimum atomic E-state index is -0.229. The van der Waals surface area contributed by atoms with Gasteiger partial charge in [0.2, 0.25) is 0 Å². The van der Waals surface area contributed by atoms with Crippen molar-refractivity contribution in [2.75, 3.05) is 6.61 Å². The fourth-order valence-electron chi connectivity index (χ4n) is 3.39. The van der Waals surface area contributed by atoms with Gasteiger partial charge in [0.1, 0.15) is 12.2 Å². The molecule has 0 radical (unpaired) electrons. The Bertz CT molecular complexity index is 215. The standard InChI is InChI=1S/C14H27NO3/c15-18-13-9-12(17-14(13)10-16)11-7-5-3-1-2-4-6-8-11/h11-14,16H,1-10,15H2/t12-,13?,14-/m1/s1. The van der Waals surface area contributed by atoms with E-state index in [0.717, 1.165) is 6.42 Å². The highest BCUT2D eigenvalue weighted by atomic mass is 16.6. The van der Waals surface area contributed by atoms with Crippen LogP contribution in [0.2, 0.25) is 0 Å². The minimum absolute atomic E-state index is 0.00505. The zero-order chi connectivity index (χ0) is 12.8. The molecule has 1 aliphatic heterocycles. The first-order chi connectivity index (χ1) is 8.85. The quantitative estimate of drug-likeness (QED) is 0.760. The van der Waals surface area contributed by atoms with Crippen LogP contribution in [-0.2, 0) is 9.57 Å². The van der Waals surface area contributed by atoms with Crippen LogP contribution >= 0.6 is 0 Å². The summed E-state index contributed by atoms with van der Waals surface area (Å²) in [5, 5.41) is 9.27. The molecule has 2 fully saturated rings. The van der Waals surface area contributed by atoms with Crippen LogP contribution in [0.5, 0.6) is 0 Å². The van der Waals surface area contributed by atoms with E-state index in [1.54, 1.807) is 0 Å². The summed E-state index contributed by atoms with van der Waals surface area (Å²) in [5.41, 5.74) is 0. The lowest BCUT2D eigenvalue weighted by Gasteiger charge is -2.23. The molecule has 18 heavy (non-hydrogen) atoms. The molecule has 1 aliphatic carbocycles. The van der Waals surface area contributed by atoms with Gasteiger partial charge in [-0.2, -0.15) is 0 Å². The summed E-state index contributed by atoms with van der Waals surface area (Å²) in [6.45, 7) is 0.00505. The van der Waals surface area contributed by atoms with E-state index in [-0.39, 0.29) is 24.9 Å². The van der Waals surface area contributed by atoms with E-state index in [0.29, 0.717) is 5.92 Å². The first-order valence-corrected chi connectivity index (χ1v) is 7.47. The van der Waals surface area contributed by atoms with Gasteiger partial charge in [-0.05, 0) is 18.8 Å². The molecule has 2 aliphatic rings. The van der Waals surface area contributed by atoms with Crippen LogP contribution in [0.25, 0.3) is 0 Å². The van der Waals surface area contributed by atoms with Crippen LogP contribution in [0.15, 0.2) is 0 Å². The average molecular weight is 257 g/mol. The van der Waals surface area contributed by atoms with E-state index in [9.17, 15) is 5.11 Å². The Labute approximate surface area is 110 Å². The number of aliphatic hydroxyl groups excluding tert-OH is 1. The van der Waals surface area contributed by atoms with Crippen molar-refractivity contribution in [3.8, 4) is 0 Å². The number of hydrogen-bond donors (Lipinski definition) is 2. The highest BCUT2D eigenvalue weighted by molar-refractivity contribution is 4.86. The van der Waals surface area contributed by atoms with Crippen molar-refractivity contribution in [3.05, 3.63) is 0 Å². The predicted molar refractivity (Wildman–Crippen MR) is 69.9 cm³/mol. The monoisotopic (exact) mass is 257 g/mol. The minimum Gasteiger partial charge on any atom is -0.394 e. The third-order valence-electron chi connectivity index (χ3n) is 4.51. The summed E-state index contributed by atoms with van der Waals surface area (Å²) in [6.07, 6.45) is 11.3. The fraction of sp³-hybridized carbons (Fsp3) is 1.00. The Morgan fingerprint density at radius 2 is 1.67 bits per heavy atom. The Balaban J connectivity index is 1.88. The molecule has 0 aromatic rings.